The van der Waals surface area contributed by atoms with E-state index in [1.54, 1.807) is 10.6 Å². The maximum atomic E-state index is 5.83. The zero-order valence-corrected chi connectivity index (χ0v) is 9.46. The Kier molecular flexibility index (Phi) is 2.08. The van der Waals surface area contributed by atoms with Gasteiger partial charge < -0.3 is 5.73 Å². The van der Waals surface area contributed by atoms with Crippen LogP contribution in [0.15, 0.2) is 42.5 Å². The molecule has 3 aromatic rings. The molecule has 2 heterocycles. The summed E-state index contributed by atoms with van der Waals surface area (Å²) in [5.74, 6) is 1.29. The smallest absolute Gasteiger partial charge is 0.182 e. The number of pyridine rings is 1. The first-order valence-electron chi connectivity index (χ1n) is 5.42. The minimum atomic E-state index is 0.591. The molecular formula is C13H12N4. The van der Waals surface area contributed by atoms with E-state index in [1.807, 2.05) is 36.4 Å². The molecule has 1 aromatic carbocycles. The third kappa shape index (κ3) is 1.63. The van der Waals surface area contributed by atoms with Crippen molar-refractivity contribution in [3.8, 4) is 11.4 Å². The van der Waals surface area contributed by atoms with Crippen LogP contribution < -0.4 is 5.73 Å². The van der Waals surface area contributed by atoms with Crippen molar-refractivity contribution in [1.29, 1.82) is 0 Å². The predicted octanol–water partition coefficient (Wildman–Crippen LogP) is 2.29. The number of nitrogen functional groups attached to an aromatic ring is 1. The number of aryl methyl sites for hydroxylation is 1. The Labute approximate surface area is 98.7 Å². The Hall–Kier alpha value is -2.36. The van der Waals surface area contributed by atoms with Crippen LogP contribution in [0.4, 0.5) is 5.82 Å². The molecule has 17 heavy (non-hydrogen) atoms. The molecule has 2 N–H and O–H groups in total. The molecule has 4 nitrogen and oxygen atoms in total. The lowest BCUT2D eigenvalue weighted by Gasteiger charge is -1.95. The van der Waals surface area contributed by atoms with E-state index in [-0.39, 0.29) is 0 Å². The van der Waals surface area contributed by atoms with Gasteiger partial charge in [0.25, 0.3) is 0 Å². The highest BCUT2D eigenvalue weighted by Crippen LogP contribution is 2.18. The lowest BCUT2D eigenvalue weighted by molar-refractivity contribution is 0.978. The molecule has 0 spiro atoms. The molecule has 0 aliphatic heterocycles. The van der Waals surface area contributed by atoms with Gasteiger partial charge in [-0.15, -0.1) is 5.10 Å². The predicted molar refractivity (Wildman–Crippen MR) is 67.6 cm³/mol. The molecule has 0 radical (unpaired) electrons. The maximum absolute atomic E-state index is 5.83. The van der Waals surface area contributed by atoms with Crippen molar-refractivity contribution in [2.45, 2.75) is 6.92 Å². The van der Waals surface area contributed by atoms with Gasteiger partial charge in [0.05, 0.1) is 0 Å². The van der Waals surface area contributed by atoms with Gasteiger partial charge in [-0.05, 0) is 19.1 Å². The fraction of sp³-hybridized carbons (Fsp3) is 0.0769. The van der Waals surface area contributed by atoms with Crippen LogP contribution in [-0.4, -0.2) is 14.6 Å². The van der Waals surface area contributed by atoms with E-state index < -0.39 is 0 Å². The number of aromatic nitrogens is 3. The first kappa shape index (κ1) is 9.84. The van der Waals surface area contributed by atoms with Gasteiger partial charge in [-0.3, -0.25) is 0 Å². The number of anilines is 1. The van der Waals surface area contributed by atoms with Crippen LogP contribution in [0.1, 0.15) is 5.56 Å². The summed E-state index contributed by atoms with van der Waals surface area (Å²) in [4.78, 5) is 4.45. The summed E-state index contributed by atoms with van der Waals surface area (Å²) in [6, 6.07) is 13.7. The summed E-state index contributed by atoms with van der Waals surface area (Å²) >= 11 is 0. The quantitative estimate of drug-likeness (QED) is 0.690. The molecule has 0 atom stereocenters. The second-order valence-electron chi connectivity index (χ2n) is 4.02. The van der Waals surface area contributed by atoms with Crippen LogP contribution in [0, 0.1) is 6.92 Å². The fourth-order valence-corrected chi connectivity index (χ4v) is 1.75. The second-order valence-corrected chi connectivity index (χ2v) is 4.02. The number of benzene rings is 1. The van der Waals surface area contributed by atoms with E-state index >= 15 is 0 Å². The first-order valence-corrected chi connectivity index (χ1v) is 5.42. The minimum Gasteiger partial charge on any atom is -0.384 e. The molecule has 0 unspecified atom stereocenters. The number of nitrogens with zero attached hydrogens (tertiary/aromatic N) is 3. The lowest BCUT2D eigenvalue weighted by atomic mass is 10.1. The van der Waals surface area contributed by atoms with Crippen molar-refractivity contribution in [2.24, 2.45) is 0 Å². The third-order valence-electron chi connectivity index (χ3n) is 2.70. The number of hydrogen-bond donors (Lipinski definition) is 1. The van der Waals surface area contributed by atoms with E-state index in [4.69, 9.17) is 5.73 Å². The number of fused-ring (bicyclic) bond motifs is 1. The molecule has 84 valence electrons. The van der Waals surface area contributed by atoms with Gasteiger partial charge in [-0.2, -0.15) is 4.52 Å². The Bertz CT molecular complexity index is 667. The van der Waals surface area contributed by atoms with E-state index in [0.717, 1.165) is 11.2 Å². The third-order valence-corrected chi connectivity index (χ3v) is 2.70. The molecule has 4 heteroatoms. The summed E-state index contributed by atoms with van der Waals surface area (Å²) in [5.41, 5.74) is 8.81. The zero-order valence-electron chi connectivity index (χ0n) is 9.46. The fourth-order valence-electron chi connectivity index (χ4n) is 1.75. The molecule has 0 fully saturated rings. The Balaban J connectivity index is 2.18. The summed E-state index contributed by atoms with van der Waals surface area (Å²) in [5, 5.41) is 4.39. The van der Waals surface area contributed by atoms with Gasteiger partial charge in [0.1, 0.15) is 5.82 Å². The van der Waals surface area contributed by atoms with Gasteiger partial charge in [0.15, 0.2) is 11.5 Å². The van der Waals surface area contributed by atoms with Crippen LogP contribution in [0.5, 0.6) is 0 Å². The molecular weight excluding hydrogens is 212 g/mol. The van der Waals surface area contributed by atoms with Crippen LogP contribution in [0.25, 0.3) is 17.0 Å². The standard InChI is InChI=1S/C13H12N4/c1-9-5-7-10(8-6-9)13-15-12-4-2-3-11(14)17(12)16-13/h2-8H,14H2,1H3. The van der Waals surface area contributed by atoms with Crippen LogP contribution in [0.3, 0.4) is 0 Å². The average Bonchev–Trinajstić information content (AvgIpc) is 2.75. The van der Waals surface area contributed by atoms with Crippen molar-refractivity contribution >= 4 is 11.5 Å². The molecule has 0 saturated carbocycles. The zero-order chi connectivity index (χ0) is 11.8. The van der Waals surface area contributed by atoms with E-state index in [0.29, 0.717) is 11.6 Å². The second kappa shape index (κ2) is 3.59. The molecule has 3 rings (SSSR count). The summed E-state index contributed by atoms with van der Waals surface area (Å²) in [7, 11) is 0. The van der Waals surface area contributed by atoms with Crippen molar-refractivity contribution in [2.75, 3.05) is 5.73 Å². The van der Waals surface area contributed by atoms with E-state index in [1.165, 1.54) is 5.56 Å². The highest BCUT2D eigenvalue weighted by Gasteiger charge is 2.06. The van der Waals surface area contributed by atoms with Crippen molar-refractivity contribution < 1.29 is 0 Å². The van der Waals surface area contributed by atoms with E-state index in [2.05, 4.69) is 17.0 Å². The Morgan fingerprint density at radius 1 is 1.06 bits per heavy atom. The molecule has 0 amide bonds. The van der Waals surface area contributed by atoms with Gasteiger partial charge in [0.2, 0.25) is 0 Å². The molecule has 0 aliphatic rings. The summed E-state index contributed by atoms with van der Waals surface area (Å²) < 4.78 is 1.65. The monoisotopic (exact) mass is 224 g/mol. The summed E-state index contributed by atoms with van der Waals surface area (Å²) in [6.45, 7) is 2.05. The van der Waals surface area contributed by atoms with Crippen LogP contribution in [-0.2, 0) is 0 Å². The Morgan fingerprint density at radius 2 is 1.82 bits per heavy atom. The topological polar surface area (TPSA) is 56.2 Å². The van der Waals surface area contributed by atoms with Crippen LogP contribution in [0.2, 0.25) is 0 Å². The minimum absolute atomic E-state index is 0.591. The van der Waals surface area contributed by atoms with E-state index in [9.17, 15) is 0 Å². The molecule has 0 aliphatic carbocycles. The maximum Gasteiger partial charge on any atom is 0.182 e. The normalized spacial score (nSPS) is 10.9. The largest absolute Gasteiger partial charge is 0.384 e. The number of rotatable bonds is 1. The highest BCUT2D eigenvalue weighted by molar-refractivity contribution is 5.59. The summed E-state index contributed by atoms with van der Waals surface area (Å²) in [6.07, 6.45) is 0. The highest BCUT2D eigenvalue weighted by atomic mass is 15.3. The van der Waals surface area contributed by atoms with Gasteiger partial charge in [0, 0.05) is 5.56 Å². The average molecular weight is 224 g/mol. The van der Waals surface area contributed by atoms with Gasteiger partial charge in [-0.25, -0.2) is 4.98 Å². The Morgan fingerprint density at radius 3 is 2.53 bits per heavy atom. The van der Waals surface area contributed by atoms with Gasteiger partial charge in [-0.1, -0.05) is 35.9 Å². The molecule has 0 bridgehead atoms. The molecule has 2 aromatic heterocycles. The van der Waals surface area contributed by atoms with Crippen LogP contribution >= 0.6 is 0 Å². The van der Waals surface area contributed by atoms with Crippen molar-refractivity contribution in [3.05, 3.63) is 48.0 Å². The molecule has 0 saturated heterocycles. The number of hydrogen-bond acceptors (Lipinski definition) is 3. The SMILES string of the molecule is Cc1ccc(-c2nc3cccc(N)n3n2)cc1. The lowest BCUT2D eigenvalue weighted by Crippen LogP contribution is -1.97. The van der Waals surface area contributed by atoms with Gasteiger partial charge >= 0.3 is 0 Å². The first-order chi connectivity index (χ1) is 8.24. The van der Waals surface area contributed by atoms with Crippen molar-refractivity contribution in [1.82, 2.24) is 14.6 Å². The number of nitrogens with two attached hydrogens (primary N) is 1. The van der Waals surface area contributed by atoms with Crippen molar-refractivity contribution in [3.63, 3.8) is 0 Å².